The summed E-state index contributed by atoms with van der Waals surface area (Å²) in [5, 5.41) is 0. The van der Waals surface area contributed by atoms with Crippen molar-refractivity contribution in [1.82, 2.24) is 9.88 Å². The lowest BCUT2D eigenvalue weighted by Gasteiger charge is -2.32. The van der Waals surface area contributed by atoms with Crippen LogP contribution in [0, 0.1) is 19.8 Å². The maximum atomic E-state index is 12.8. The first-order valence-corrected chi connectivity index (χ1v) is 8.84. The number of amides is 1. The molecule has 1 unspecified atom stereocenters. The number of alkyl halides is 3. The van der Waals surface area contributed by atoms with Gasteiger partial charge in [0.25, 0.3) is 5.91 Å². The molecule has 3 rings (SSSR count). The highest BCUT2D eigenvalue weighted by atomic mass is 19.4. The third kappa shape index (κ3) is 4.07. The van der Waals surface area contributed by atoms with Gasteiger partial charge in [-0.3, -0.25) is 9.59 Å². The van der Waals surface area contributed by atoms with E-state index in [9.17, 15) is 22.8 Å². The molecule has 1 N–H and O–H groups in total. The van der Waals surface area contributed by atoms with Gasteiger partial charge in [-0.05, 0) is 50.5 Å². The van der Waals surface area contributed by atoms with Crippen LogP contribution in [0.15, 0.2) is 30.3 Å². The van der Waals surface area contributed by atoms with Gasteiger partial charge in [-0.2, -0.15) is 13.2 Å². The van der Waals surface area contributed by atoms with Crippen LogP contribution in [0.2, 0.25) is 0 Å². The van der Waals surface area contributed by atoms with Gasteiger partial charge in [-0.25, -0.2) is 0 Å². The third-order valence-electron chi connectivity index (χ3n) is 4.94. The summed E-state index contributed by atoms with van der Waals surface area (Å²) in [5.41, 5.74) is 1.74. The van der Waals surface area contributed by atoms with Crippen LogP contribution in [0.5, 0.6) is 0 Å². The monoisotopic (exact) mass is 378 g/mol. The van der Waals surface area contributed by atoms with Crippen molar-refractivity contribution in [2.75, 3.05) is 13.1 Å². The summed E-state index contributed by atoms with van der Waals surface area (Å²) in [6.07, 6.45) is -3.13. The maximum absolute atomic E-state index is 12.8. The summed E-state index contributed by atoms with van der Waals surface area (Å²) in [4.78, 5) is 30.2. The zero-order valence-corrected chi connectivity index (χ0v) is 15.2. The fourth-order valence-electron chi connectivity index (χ4n) is 3.54. The molecule has 0 bridgehead atoms. The number of aromatic nitrogens is 1. The Kier molecular flexibility index (Phi) is 5.13. The Morgan fingerprint density at radius 1 is 1.15 bits per heavy atom. The van der Waals surface area contributed by atoms with Crippen LogP contribution in [-0.4, -0.2) is 34.7 Å². The molecular formula is C20H21F3N2O2. The summed E-state index contributed by atoms with van der Waals surface area (Å²) in [7, 11) is 0. The topological polar surface area (TPSA) is 53.2 Å². The Hall–Kier alpha value is -2.57. The van der Waals surface area contributed by atoms with Gasteiger partial charge in [-0.1, -0.05) is 12.1 Å². The molecule has 27 heavy (non-hydrogen) atoms. The summed E-state index contributed by atoms with van der Waals surface area (Å²) >= 11 is 0. The Balaban J connectivity index is 1.73. The number of aryl methyl sites for hydroxylation is 2. The molecular weight excluding hydrogens is 357 g/mol. The van der Waals surface area contributed by atoms with Crippen LogP contribution in [0.3, 0.4) is 0 Å². The van der Waals surface area contributed by atoms with Crippen molar-refractivity contribution in [2.45, 2.75) is 32.9 Å². The predicted molar refractivity (Wildman–Crippen MR) is 94.7 cm³/mol. The van der Waals surface area contributed by atoms with Crippen molar-refractivity contribution in [2.24, 2.45) is 5.92 Å². The fraction of sp³-hybridized carbons (Fsp3) is 0.400. The first kappa shape index (κ1) is 19.2. The van der Waals surface area contributed by atoms with Crippen LogP contribution < -0.4 is 0 Å². The van der Waals surface area contributed by atoms with E-state index in [1.807, 2.05) is 19.9 Å². The highest BCUT2D eigenvalue weighted by Gasteiger charge is 2.32. The number of hydrogen-bond acceptors (Lipinski definition) is 2. The van der Waals surface area contributed by atoms with Gasteiger partial charge < -0.3 is 9.88 Å². The number of piperidine rings is 1. The van der Waals surface area contributed by atoms with Crippen LogP contribution in [0.1, 0.15) is 50.5 Å². The number of benzene rings is 1. The largest absolute Gasteiger partial charge is 0.416 e. The number of rotatable bonds is 3. The molecule has 0 saturated carbocycles. The van der Waals surface area contributed by atoms with E-state index in [0.29, 0.717) is 25.1 Å². The lowest BCUT2D eigenvalue weighted by molar-refractivity contribution is -0.137. The fourth-order valence-corrected chi connectivity index (χ4v) is 3.54. The molecule has 144 valence electrons. The minimum atomic E-state index is -4.43. The second-order valence-corrected chi connectivity index (χ2v) is 7.04. The number of H-pyrrole nitrogens is 1. The van der Waals surface area contributed by atoms with Crippen molar-refractivity contribution < 1.29 is 22.8 Å². The molecule has 7 heteroatoms. The number of nitrogens with zero attached hydrogens (tertiary/aromatic N) is 1. The minimum absolute atomic E-state index is 0.148. The molecule has 0 radical (unpaired) electrons. The van der Waals surface area contributed by atoms with Crippen molar-refractivity contribution in [3.63, 3.8) is 0 Å². The second kappa shape index (κ2) is 7.21. The van der Waals surface area contributed by atoms with Crippen molar-refractivity contribution in [1.29, 1.82) is 0 Å². The van der Waals surface area contributed by atoms with E-state index in [0.717, 1.165) is 23.4 Å². The van der Waals surface area contributed by atoms with Gasteiger partial charge in [-0.15, -0.1) is 0 Å². The molecule has 1 saturated heterocycles. The van der Waals surface area contributed by atoms with Crippen molar-refractivity contribution in [3.05, 3.63) is 58.4 Å². The van der Waals surface area contributed by atoms with E-state index in [-0.39, 0.29) is 23.8 Å². The molecule has 1 aromatic carbocycles. The van der Waals surface area contributed by atoms with Crippen LogP contribution in [-0.2, 0) is 6.18 Å². The molecule has 0 aliphatic carbocycles. The number of halogens is 3. The van der Waals surface area contributed by atoms with Gasteiger partial charge >= 0.3 is 6.18 Å². The molecule has 0 spiro atoms. The lowest BCUT2D eigenvalue weighted by Crippen LogP contribution is -2.42. The third-order valence-corrected chi connectivity index (χ3v) is 4.94. The number of carbonyl (C=O) groups is 2. The Morgan fingerprint density at radius 2 is 1.81 bits per heavy atom. The van der Waals surface area contributed by atoms with Crippen LogP contribution >= 0.6 is 0 Å². The Labute approximate surface area is 155 Å². The normalized spacial score (nSPS) is 17.8. The van der Waals surface area contributed by atoms with Gasteiger partial charge in [0.15, 0.2) is 5.78 Å². The van der Waals surface area contributed by atoms with Crippen LogP contribution in [0.25, 0.3) is 0 Å². The smallest absolute Gasteiger partial charge is 0.354 e. The zero-order chi connectivity index (χ0) is 19.8. The number of hydrogen-bond donors (Lipinski definition) is 1. The summed E-state index contributed by atoms with van der Waals surface area (Å²) < 4.78 is 38.0. The Morgan fingerprint density at radius 3 is 2.37 bits per heavy atom. The SMILES string of the molecule is Cc1cc(C)c(C(=O)N2CCCC(C(=O)c3ccc(C(F)(F)F)cc3)C2)[nH]1. The molecule has 1 aromatic heterocycles. The Bertz CT molecular complexity index is 853. The van der Waals surface area contributed by atoms with Gasteiger partial charge in [0.1, 0.15) is 5.69 Å². The highest BCUT2D eigenvalue weighted by Crippen LogP contribution is 2.30. The average Bonchev–Trinajstić information content (AvgIpc) is 2.98. The average molecular weight is 378 g/mol. The highest BCUT2D eigenvalue weighted by molar-refractivity contribution is 5.99. The summed E-state index contributed by atoms with van der Waals surface area (Å²) in [6, 6.07) is 6.16. The van der Waals surface area contributed by atoms with E-state index >= 15 is 0 Å². The summed E-state index contributed by atoms with van der Waals surface area (Å²) in [5.74, 6) is -0.776. The molecule has 1 atom stereocenters. The first-order valence-electron chi connectivity index (χ1n) is 8.84. The molecule has 2 heterocycles. The van der Waals surface area contributed by atoms with E-state index in [1.54, 1.807) is 4.90 Å². The quantitative estimate of drug-likeness (QED) is 0.806. The van der Waals surface area contributed by atoms with E-state index in [1.165, 1.54) is 12.1 Å². The number of aromatic amines is 1. The van der Waals surface area contributed by atoms with Gasteiger partial charge in [0.05, 0.1) is 5.56 Å². The van der Waals surface area contributed by atoms with Crippen molar-refractivity contribution in [3.8, 4) is 0 Å². The zero-order valence-electron chi connectivity index (χ0n) is 15.2. The predicted octanol–water partition coefficient (Wildman–Crippen LogP) is 4.39. The van der Waals surface area contributed by atoms with Crippen molar-refractivity contribution >= 4 is 11.7 Å². The van der Waals surface area contributed by atoms with E-state index in [4.69, 9.17) is 0 Å². The number of carbonyl (C=O) groups excluding carboxylic acids is 2. The number of likely N-dealkylation sites (tertiary alicyclic amines) is 1. The van der Waals surface area contributed by atoms with E-state index in [2.05, 4.69) is 4.98 Å². The standard InChI is InChI=1S/C20H21F3N2O2/c1-12-10-13(2)24-17(12)19(27)25-9-3-4-15(11-25)18(26)14-5-7-16(8-6-14)20(21,22)23/h5-8,10,15,24H,3-4,9,11H2,1-2H3. The molecule has 1 fully saturated rings. The van der Waals surface area contributed by atoms with Gasteiger partial charge in [0.2, 0.25) is 0 Å². The first-order chi connectivity index (χ1) is 12.7. The molecule has 1 aliphatic heterocycles. The number of ketones is 1. The minimum Gasteiger partial charge on any atom is -0.354 e. The molecule has 1 amide bonds. The number of Topliss-reactive ketones (excluding diaryl/α,β-unsaturated/α-hetero) is 1. The van der Waals surface area contributed by atoms with Gasteiger partial charge in [0, 0.05) is 30.3 Å². The number of nitrogens with one attached hydrogen (secondary N) is 1. The van der Waals surface area contributed by atoms with Crippen LogP contribution in [0.4, 0.5) is 13.2 Å². The molecule has 2 aromatic rings. The summed E-state index contributed by atoms with van der Waals surface area (Å²) in [6.45, 7) is 4.56. The second-order valence-electron chi connectivity index (χ2n) is 7.04. The maximum Gasteiger partial charge on any atom is 0.416 e. The van der Waals surface area contributed by atoms with E-state index < -0.39 is 17.7 Å². The molecule has 1 aliphatic rings. The molecule has 4 nitrogen and oxygen atoms in total. The lowest BCUT2D eigenvalue weighted by atomic mass is 9.89.